The molecule has 1 aliphatic heterocycles. The van der Waals surface area contributed by atoms with Crippen molar-refractivity contribution in [2.24, 2.45) is 0 Å². The molecular formula is C14H25N5. The van der Waals surface area contributed by atoms with Gasteiger partial charge in [-0.15, -0.1) is 0 Å². The van der Waals surface area contributed by atoms with Crippen LogP contribution in [0.2, 0.25) is 0 Å². The van der Waals surface area contributed by atoms with Gasteiger partial charge in [-0.2, -0.15) is 0 Å². The molecule has 1 atom stereocenters. The van der Waals surface area contributed by atoms with Crippen molar-refractivity contribution in [2.75, 3.05) is 43.9 Å². The van der Waals surface area contributed by atoms with E-state index in [0.29, 0.717) is 6.04 Å². The predicted molar refractivity (Wildman–Crippen MR) is 79.9 cm³/mol. The van der Waals surface area contributed by atoms with Crippen molar-refractivity contribution in [2.45, 2.75) is 32.7 Å². The summed E-state index contributed by atoms with van der Waals surface area (Å²) in [5.74, 6) is 2.00. The molecule has 0 spiro atoms. The fourth-order valence-electron chi connectivity index (χ4n) is 2.77. The number of hydrogen-bond acceptors (Lipinski definition) is 5. The molecule has 106 valence electrons. The number of nitrogens with zero attached hydrogens (tertiary/aromatic N) is 4. The van der Waals surface area contributed by atoms with E-state index in [2.05, 4.69) is 53.0 Å². The Hall–Kier alpha value is -1.36. The smallest absolute Gasteiger partial charge is 0.137 e. The van der Waals surface area contributed by atoms with E-state index >= 15 is 0 Å². The molecule has 2 rings (SSSR count). The van der Waals surface area contributed by atoms with E-state index < -0.39 is 0 Å². The Labute approximate surface area is 116 Å². The summed E-state index contributed by atoms with van der Waals surface area (Å²) in [7, 11) is 4.34. The third-order valence-electron chi connectivity index (χ3n) is 3.88. The lowest BCUT2D eigenvalue weighted by Gasteiger charge is -2.37. The van der Waals surface area contributed by atoms with Gasteiger partial charge in [0.15, 0.2) is 0 Å². The summed E-state index contributed by atoms with van der Waals surface area (Å²) in [6, 6.07) is 0.543. The number of rotatable bonds is 4. The molecule has 2 heterocycles. The molecule has 0 aromatic carbocycles. The van der Waals surface area contributed by atoms with Gasteiger partial charge in [0.1, 0.15) is 18.0 Å². The average Bonchev–Trinajstić information content (AvgIpc) is 2.41. The van der Waals surface area contributed by atoms with Crippen LogP contribution in [0.25, 0.3) is 0 Å². The van der Waals surface area contributed by atoms with Crippen LogP contribution >= 0.6 is 0 Å². The van der Waals surface area contributed by atoms with Crippen LogP contribution in [0.15, 0.2) is 6.33 Å². The van der Waals surface area contributed by atoms with Gasteiger partial charge in [0, 0.05) is 31.7 Å². The first-order valence-corrected chi connectivity index (χ1v) is 7.10. The Morgan fingerprint density at radius 3 is 2.95 bits per heavy atom. The first-order chi connectivity index (χ1) is 9.13. The van der Waals surface area contributed by atoms with Crippen molar-refractivity contribution in [3.63, 3.8) is 0 Å². The Bertz CT molecular complexity index is 420. The Balaban J connectivity index is 2.18. The number of nitrogens with one attached hydrogen (secondary N) is 1. The van der Waals surface area contributed by atoms with Crippen LogP contribution in [0.5, 0.6) is 0 Å². The second-order valence-electron chi connectivity index (χ2n) is 5.37. The van der Waals surface area contributed by atoms with Gasteiger partial charge in [-0.1, -0.05) is 0 Å². The van der Waals surface area contributed by atoms with Crippen LogP contribution in [-0.2, 0) is 0 Å². The highest BCUT2D eigenvalue weighted by atomic mass is 15.2. The predicted octanol–water partition coefficient (Wildman–Crippen LogP) is 1.75. The van der Waals surface area contributed by atoms with E-state index in [4.69, 9.17) is 0 Å². The van der Waals surface area contributed by atoms with E-state index in [1.165, 1.54) is 19.4 Å². The molecule has 0 bridgehead atoms. The maximum atomic E-state index is 4.48. The van der Waals surface area contributed by atoms with Gasteiger partial charge in [-0.25, -0.2) is 9.97 Å². The number of anilines is 2. The third-order valence-corrected chi connectivity index (χ3v) is 3.88. The Morgan fingerprint density at radius 1 is 1.47 bits per heavy atom. The fraction of sp³-hybridized carbons (Fsp3) is 0.714. The maximum Gasteiger partial charge on any atom is 0.137 e. The number of hydrogen-bond donors (Lipinski definition) is 1. The molecule has 1 aromatic rings. The van der Waals surface area contributed by atoms with Crippen molar-refractivity contribution >= 4 is 11.6 Å². The molecule has 0 saturated carbocycles. The molecule has 1 aliphatic rings. The molecule has 1 unspecified atom stereocenters. The minimum atomic E-state index is 0.543. The minimum absolute atomic E-state index is 0.543. The summed E-state index contributed by atoms with van der Waals surface area (Å²) in [5.41, 5.74) is 1.14. The molecule has 5 nitrogen and oxygen atoms in total. The Kier molecular flexibility index (Phi) is 4.58. The first-order valence-electron chi connectivity index (χ1n) is 7.10. The Morgan fingerprint density at radius 2 is 2.26 bits per heavy atom. The first kappa shape index (κ1) is 14.1. The van der Waals surface area contributed by atoms with E-state index in [0.717, 1.165) is 30.3 Å². The lowest BCUT2D eigenvalue weighted by atomic mass is 10.0. The lowest BCUT2D eigenvalue weighted by molar-refractivity contribution is 0.247. The van der Waals surface area contributed by atoms with Gasteiger partial charge in [0.05, 0.1) is 0 Å². The number of aromatic nitrogens is 2. The van der Waals surface area contributed by atoms with Gasteiger partial charge in [0.2, 0.25) is 0 Å². The van der Waals surface area contributed by atoms with Crippen LogP contribution in [0.3, 0.4) is 0 Å². The van der Waals surface area contributed by atoms with E-state index in [-0.39, 0.29) is 0 Å². The largest absolute Gasteiger partial charge is 0.370 e. The summed E-state index contributed by atoms with van der Waals surface area (Å²) >= 11 is 0. The lowest BCUT2D eigenvalue weighted by Crippen LogP contribution is -2.45. The molecule has 0 aliphatic carbocycles. The number of piperidine rings is 1. The molecule has 5 heteroatoms. The topological polar surface area (TPSA) is 44.3 Å². The summed E-state index contributed by atoms with van der Waals surface area (Å²) in [6.45, 7) is 7.37. The summed E-state index contributed by atoms with van der Waals surface area (Å²) < 4.78 is 0. The summed E-state index contributed by atoms with van der Waals surface area (Å²) in [5, 5.41) is 3.29. The highest BCUT2D eigenvalue weighted by Crippen LogP contribution is 2.25. The van der Waals surface area contributed by atoms with Gasteiger partial charge in [0.25, 0.3) is 0 Å². The van der Waals surface area contributed by atoms with Crippen LogP contribution in [0.4, 0.5) is 11.6 Å². The highest BCUT2D eigenvalue weighted by molar-refractivity contribution is 5.58. The molecule has 19 heavy (non-hydrogen) atoms. The zero-order valence-corrected chi connectivity index (χ0v) is 12.5. The SMILES string of the molecule is CCNc1ncnc(N(C)C2CCCN(C)C2)c1C. The maximum absolute atomic E-state index is 4.48. The standard InChI is InChI=1S/C14H25N5/c1-5-15-13-11(2)14(17-10-16-13)19(4)12-7-6-8-18(3)9-12/h10,12H,5-9H2,1-4H3,(H,15,16,17). The van der Waals surface area contributed by atoms with Gasteiger partial charge in [-0.3, -0.25) is 0 Å². The number of likely N-dealkylation sites (tertiary alicyclic amines) is 1. The monoisotopic (exact) mass is 263 g/mol. The minimum Gasteiger partial charge on any atom is -0.370 e. The molecule has 0 amide bonds. The number of likely N-dealkylation sites (N-methyl/N-ethyl adjacent to an activating group) is 2. The van der Waals surface area contributed by atoms with Crippen molar-refractivity contribution in [3.05, 3.63) is 11.9 Å². The van der Waals surface area contributed by atoms with E-state index in [1.807, 2.05) is 0 Å². The third kappa shape index (κ3) is 3.15. The van der Waals surface area contributed by atoms with Gasteiger partial charge < -0.3 is 15.1 Å². The van der Waals surface area contributed by atoms with Crippen molar-refractivity contribution < 1.29 is 0 Å². The zero-order chi connectivity index (χ0) is 13.8. The normalized spacial score (nSPS) is 20.3. The average molecular weight is 263 g/mol. The molecule has 1 fully saturated rings. The van der Waals surface area contributed by atoms with E-state index in [9.17, 15) is 0 Å². The zero-order valence-electron chi connectivity index (χ0n) is 12.5. The highest BCUT2D eigenvalue weighted by Gasteiger charge is 2.23. The molecule has 1 saturated heterocycles. The quantitative estimate of drug-likeness (QED) is 0.896. The van der Waals surface area contributed by atoms with Gasteiger partial charge >= 0.3 is 0 Å². The molecule has 1 N–H and O–H groups in total. The fourth-order valence-corrected chi connectivity index (χ4v) is 2.77. The van der Waals surface area contributed by atoms with Crippen LogP contribution in [-0.4, -0.2) is 54.6 Å². The summed E-state index contributed by atoms with van der Waals surface area (Å²) in [4.78, 5) is 13.5. The van der Waals surface area contributed by atoms with Crippen LogP contribution in [0, 0.1) is 6.92 Å². The molecular weight excluding hydrogens is 238 g/mol. The van der Waals surface area contributed by atoms with Gasteiger partial charge in [-0.05, 0) is 40.3 Å². The van der Waals surface area contributed by atoms with Crippen LogP contribution in [0.1, 0.15) is 25.3 Å². The van der Waals surface area contributed by atoms with E-state index in [1.54, 1.807) is 6.33 Å². The van der Waals surface area contributed by atoms with Crippen molar-refractivity contribution in [1.29, 1.82) is 0 Å². The van der Waals surface area contributed by atoms with Crippen molar-refractivity contribution in [1.82, 2.24) is 14.9 Å². The molecule has 0 radical (unpaired) electrons. The second kappa shape index (κ2) is 6.19. The molecule has 1 aromatic heterocycles. The summed E-state index contributed by atoms with van der Waals surface area (Å²) in [6.07, 6.45) is 4.15. The second-order valence-corrected chi connectivity index (χ2v) is 5.37. The van der Waals surface area contributed by atoms with Crippen LogP contribution < -0.4 is 10.2 Å². The van der Waals surface area contributed by atoms with Crippen molar-refractivity contribution in [3.8, 4) is 0 Å².